The number of alkyl carbamates (subject to hydrolysis) is 1. The lowest BCUT2D eigenvalue weighted by Crippen LogP contribution is -2.44. The maximum Gasteiger partial charge on any atom is 0.407 e. The molecule has 2 aliphatic carbocycles. The van der Waals surface area contributed by atoms with Crippen molar-refractivity contribution in [1.82, 2.24) is 15.6 Å². The maximum atomic E-state index is 11.9. The van der Waals surface area contributed by atoms with E-state index in [1.807, 2.05) is 33.0 Å². The standard InChI is InChI=1S/C19H28BrN3O2/c1-19(2,3)25-18(24)23-14-7-5-13(6-8-14)22-16-10-15(16)12-4-9-17(20)21-11-12/h4,9,11,13-16,22H,5-8,10H2,1-3H3,(H,23,24)/t13?,14?,15-,16+/m1/s1. The molecule has 1 heterocycles. The number of pyridine rings is 1. The number of rotatable bonds is 4. The molecule has 1 aromatic rings. The first-order valence-corrected chi connectivity index (χ1v) is 9.96. The minimum Gasteiger partial charge on any atom is -0.444 e. The third kappa shape index (κ3) is 5.68. The van der Waals surface area contributed by atoms with Gasteiger partial charge in [0.25, 0.3) is 0 Å². The average molecular weight is 410 g/mol. The number of hydrogen-bond donors (Lipinski definition) is 2. The van der Waals surface area contributed by atoms with Crippen LogP contribution in [-0.4, -0.2) is 34.8 Å². The normalized spacial score (nSPS) is 29.1. The minimum absolute atomic E-state index is 0.235. The molecule has 2 atom stereocenters. The predicted molar refractivity (Wildman–Crippen MR) is 102 cm³/mol. The Morgan fingerprint density at radius 2 is 1.88 bits per heavy atom. The summed E-state index contributed by atoms with van der Waals surface area (Å²) in [6, 6.07) is 5.53. The molecule has 0 aliphatic heterocycles. The highest BCUT2D eigenvalue weighted by Crippen LogP contribution is 2.41. The van der Waals surface area contributed by atoms with Gasteiger partial charge in [0.05, 0.1) is 0 Å². The lowest BCUT2D eigenvalue weighted by atomic mass is 9.91. The van der Waals surface area contributed by atoms with Crippen molar-refractivity contribution < 1.29 is 9.53 Å². The molecule has 2 fully saturated rings. The Hall–Kier alpha value is -1.14. The van der Waals surface area contributed by atoms with E-state index in [1.165, 1.54) is 12.0 Å². The van der Waals surface area contributed by atoms with E-state index in [0.29, 0.717) is 18.0 Å². The van der Waals surface area contributed by atoms with Crippen molar-refractivity contribution in [2.45, 2.75) is 82.5 Å². The number of amides is 1. The monoisotopic (exact) mass is 409 g/mol. The Bertz CT molecular complexity index is 592. The molecule has 1 aromatic heterocycles. The van der Waals surface area contributed by atoms with Crippen molar-refractivity contribution in [3.63, 3.8) is 0 Å². The third-order valence-electron chi connectivity index (χ3n) is 4.87. The Labute approximate surface area is 158 Å². The van der Waals surface area contributed by atoms with Gasteiger partial charge in [-0.1, -0.05) is 6.07 Å². The van der Waals surface area contributed by atoms with Crippen LogP contribution < -0.4 is 10.6 Å². The molecular weight excluding hydrogens is 382 g/mol. The topological polar surface area (TPSA) is 63.2 Å². The summed E-state index contributed by atoms with van der Waals surface area (Å²) in [5.74, 6) is 0.596. The van der Waals surface area contributed by atoms with Crippen molar-refractivity contribution in [3.05, 3.63) is 28.5 Å². The Morgan fingerprint density at radius 3 is 2.48 bits per heavy atom. The van der Waals surface area contributed by atoms with Crippen LogP contribution in [0.4, 0.5) is 4.79 Å². The average Bonchev–Trinajstić information content (AvgIpc) is 3.27. The molecule has 0 aromatic carbocycles. The first kappa shape index (κ1) is 18.6. The lowest BCUT2D eigenvalue weighted by molar-refractivity contribution is 0.0489. The van der Waals surface area contributed by atoms with Gasteiger partial charge < -0.3 is 15.4 Å². The molecule has 2 N–H and O–H groups in total. The molecule has 6 heteroatoms. The van der Waals surface area contributed by atoms with Crippen molar-refractivity contribution in [2.24, 2.45) is 0 Å². The zero-order chi connectivity index (χ0) is 18.0. The van der Waals surface area contributed by atoms with E-state index in [9.17, 15) is 4.79 Å². The van der Waals surface area contributed by atoms with Gasteiger partial charge in [-0.2, -0.15) is 0 Å². The number of halogens is 1. The molecule has 2 aliphatic rings. The number of hydrogen-bond acceptors (Lipinski definition) is 4. The summed E-state index contributed by atoms with van der Waals surface area (Å²) in [6.45, 7) is 5.67. The highest BCUT2D eigenvalue weighted by Gasteiger charge is 2.40. The van der Waals surface area contributed by atoms with Gasteiger partial charge in [0.2, 0.25) is 0 Å². The van der Waals surface area contributed by atoms with Crippen LogP contribution in [0.15, 0.2) is 22.9 Å². The van der Waals surface area contributed by atoms with Gasteiger partial charge in [0, 0.05) is 30.2 Å². The summed E-state index contributed by atoms with van der Waals surface area (Å²) in [7, 11) is 0. The van der Waals surface area contributed by atoms with Crippen LogP contribution in [0.1, 0.15) is 64.4 Å². The largest absolute Gasteiger partial charge is 0.444 e. The van der Waals surface area contributed by atoms with Crippen molar-refractivity contribution in [3.8, 4) is 0 Å². The predicted octanol–water partition coefficient (Wildman–Crippen LogP) is 4.13. The van der Waals surface area contributed by atoms with Gasteiger partial charge >= 0.3 is 6.09 Å². The SMILES string of the molecule is CC(C)(C)OC(=O)NC1CCC(N[C@H]2C[C@@H]2c2ccc(Br)nc2)CC1. The van der Waals surface area contributed by atoms with Crippen LogP contribution in [-0.2, 0) is 4.74 Å². The minimum atomic E-state index is -0.439. The highest BCUT2D eigenvalue weighted by molar-refractivity contribution is 9.10. The quantitative estimate of drug-likeness (QED) is 0.733. The van der Waals surface area contributed by atoms with Crippen LogP contribution in [0.3, 0.4) is 0 Å². The van der Waals surface area contributed by atoms with Gasteiger partial charge in [-0.3, -0.25) is 0 Å². The Morgan fingerprint density at radius 1 is 1.20 bits per heavy atom. The van der Waals surface area contributed by atoms with Crippen LogP contribution in [0.25, 0.3) is 0 Å². The molecule has 138 valence electrons. The second kappa shape index (κ2) is 7.62. The molecule has 25 heavy (non-hydrogen) atoms. The van der Waals surface area contributed by atoms with E-state index in [4.69, 9.17) is 4.74 Å². The second-order valence-corrected chi connectivity index (χ2v) is 9.04. The molecule has 3 rings (SSSR count). The highest BCUT2D eigenvalue weighted by atomic mass is 79.9. The lowest BCUT2D eigenvalue weighted by Gasteiger charge is -2.30. The van der Waals surface area contributed by atoms with Gasteiger partial charge in [-0.25, -0.2) is 9.78 Å². The van der Waals surface area contributed by atoms with Crippen molar-refractivity contribution in [1.29, 1.82) is 0 Å². The number of aromatic nitrogens is 1. The molecule has 0 unspecified atom stereocenters. The van der Waals surface area contributed by atoms with E-state index in [0.717, 1.165) is 30.3 Å². The molecule has 5 nitrogen and oxygen atoms in total. The van der Waals surface area contributed by atoms with E-state index in [1.54, 1.807) is 0 Å². The maximum absolute atomic E-state index is 11.9. The van der Waals surface area contributed by atoms with Crippen molar-refractivity contribution >= 4 is 22.0 Å². The van der Waals surface area contributed by atoms with E-state index < -0.39 is 5.60 Å². The molecule has 0 radical (unpaired) electrons. The van der Waals surface area contributed by atoms with Gasteiger partial charge in [-0.05, 0) is 80.4 Å². The molecular formula is C19H28BrN3O2. The molecule has 1 amide bonds. The summed E-state index contributed by atoms with van der Waals surface area (Å²) in [5.41, 5.74) is 0.882. The third-order valence-corrected chi connectivity index (χ3v) is 5.34. The smallest absolute Gasteiger partial charge is 0.407 e. The zero-order valence-corrected chi connectivity index (χ0v) is 16.8. The molecule has 0 bridgehead atoms. The molecule has 0 saturated heterocycles. The first-order valence-electron chi connectivity index (χ1n) is 9.17. The zero-order valence-electron chi connectivity index (χ0n) is 15.2. The van der Waals surface area contributed by atoms with E-state index in [-0.39, 0.29) is 12.1 Å². The second-order valence-electron chi connectivity index (χ2n) is 8.22. The van der Waals surface area contributed by atoms with Gasteiger partial charge in [0.15, 0.2) is 0 Å². The summed E-state index contributed by atoms with van der Waals surface area (Å²) in [6.07, 6.45) is 7.08. The molecule has 2 saturated carbocycles. The summed E-state index contributed by atoms with van der Waals surface area (Å²) in [5, 5.41) is 6.79. The Kier molecular flexibility index (Phi) is 5.68. The van der Waals surface area contributed by atoms with E-state index >= 15 is 0 Å². The number of carbonyl (C=O) groups is 1. The van der Waals surface area contributed by atoms with Crippen LogP contribution in [0, 0.1) is 0 Å². The van der Waals surface area contributed by atoms with Crippen LogP contribution in [0.5, 0.6) is 0 Å². The van der Waals surface area contributed by atoms with E-state index in [2.05, 4.69) is 37.6 Å². The number of nitrogens with one attached hydrogen (secondary N) is 2. The molecule has 0 spiro atoms. The summed E-state index contributed by atoms with van der Waals surface area (Å²) < 4.78 is 6.22. The van der Waals surface area contributed by atoms with Crippen LogP contribution >= 0.6 is 15.9 Å². The fourth-order valence-electron chi connectivity index (χ4n) is 3.54. The van der Waals surface area contributed by atoms with Crippen molar-refractivity contribution in [2.75, 3.05) is 0 Å². The number of nitrogens with zero attached hydrogens (tertiary/aromatic N) is 1. The Balaban J connectivity index is 1.37. The number of carbonyl (C=O) groups excluding carboxylic acids is 1. The fourth-order valence-corrected chi connectivity index (χ4v) is 3.77. The first-order chi connectivity index (χ1) is 11.8. The van der Waals surface area contributed by atoms with Crippen LogP contribution in [0.2, 0.25) is 0 Å². The summed E-state index contributed by atoms with van der Waals surface area (Å²) in [4.78, 5) is 16.2. The van der Waals surface area contributed by atoms with Gasteiger partial charge in [-0.15, -0.1) is 0 Å². The van der Waals surface area contributed by atoms with Gasteiger partial charge in [0.1, 0.15) is 10.2 Å². The summed E-state index contributed by atoms with van der Waals surface area (Å²) >= 11 is 3.38. The fraction of sp³-hybridized carbons (Fsp3) is 0.684. The number of ether oxygens (including phenoxy) is 1.